The molecule has 84 valence electrons. The second-order valence-electron chi connectivity index (χ2n) is 3.76. The van der Waals surface area contributed by atoms with Gasteiger partial charge in [0.2, 0.25) is 0 Å². The summed E-state index contributed by atoms with van der Waals surface area (Å²) < 4.78 is 1.84. The molecule has 2 rings (SSSR count). The molecular formula is C13H15NOS. The Balaban J connectivity index is 2.28. The molecule has 0 amide bonds. The van der Waals surface area contributed by atoms with Crippen LogP contribution in [0.15, 0.2) is 41.2 Å². The third kappa shape index (κ3) is 2.42. The average molecular weight is 233 g/mol. The summed E-state index contributed by atoms with van der Waals surface area (Å²) in [6, 6.07) is 11.8. The molecule has 2 nitrogen and oxygen atoms in total. The van der Waals surface area contributed by atoms with E-state index >= 15 is 0 Å². The molecule has 0 radical (unpaired) electrons. The molecule has 0 saturated carbocycles. The Morgan fingerprint density at radius 2 is 2.00 bits per heavy atom. The fourth-order valence-corrected chi connectivity index (χ4v) is 2.57. The largest absolute Gasteiger partial charge is 0.268 e. The van der Waals surface area contributed by atoms with Crippen LogP contribution in [0.4, 0.5) is 0 Å². The minimum atomic E-state index is 0.123. The number of hydrogen-bond acceptors (Lipinski definition) is 2. The fraction of sp³-hybridized carbons (Fsp3) is 0.308. The van der Waals surface area contributed by atoms with Crippen LogP contribution in [-0.4, -0.2) is 3.96 Å². The molecule has 0 fully saturated rings. The third-order valence-corrected chi connectivity index (χ3v) is 3.62. The van der Waals surface area contributed by atoms with Gasteiger partial charge in [0.05, 0.1) is 4.88 Å². The van der Waals surface area contributed by atoms with Crippen molar-refractivity contribution in [2.75, 3.05) is 0 Å². The maximum Gasteiger partial charge on any atom is 0.261 e. The second kappa shape index (κ2) is 5.12. The summed E-state index contributed by atoms with van der Waals surface area (Å²) in [6.45, 7) is 2.98. The van der Waals surface area contributed by atoms with E-state index in [1.807, 2.05) is 34.3 Å². The molecule has 0 N–H and O–H groups in total. The lowest BCUT2D eigenvalue weighted by Crippen LogP contribution is -2.11. The number of unbranched alkanes of at least 4 members (excludes halogenated alkanes) is 1. The van der Waals surface area contributed by atoms with Gasteiger partial charge in [0.1, 0.15) is 0 Å². The monoisotopic (exact) mass is 233 g/mol. The van der Waals surface area contributed by atoms with Crippen molar-refractivity contribution in [3.05, 3.63) is 46.8 Å². The Kier molecular flexibility index (Phi) is 3.57. The van der Waals surface area contributed by atoms with Crippen LogP contribution in [0.25, 0.3) is 10.4 Å². The van der Waals surface area contributed by atoms with Crippen LogP contribution in [0.3, 0.4) is 0 Å². The molecular weight excluding hydrogens is 218 g/mol. The van der Waals surface area contributed by atoms with E-state index in [1.165, 1.54) is 0 Å². The lowest BCUT2D eigenvalue weighted by molar-refractivity contribution is 0.658. The van der Waals surface area contributed by atoms with E-state index in [9.17, 15) is 4.79 Å². The molecule has 1 heterocycles. The van der Waals surface area contributed by atoms with Crippen LogP contribution in [0, 0.1) is 0 Å². The van der Waals surface area contributed by atoms with Crippen molar-refractivity contribution < 1.29 is 0 Å². The van der Waals surface area contributed by atoms with Gasteiger partial charge >= 0.3 is 0 Å². The topological polar surface area (TPSA) is 22.0 Å². The van der Waals surface area contributed by atoms with Crippen molar-refractivity contribution in [3.63, 3.8) is 0 Å². The predicted molar refractivity (Wildman–Crippen MR) is 68.9 cm³/mol. The van der Waals surface area contributed by atoms with Crippen LogP contribution >= 0.6 is 11.5 Å². The van der Waals surface area contributed by atoms with Crippen molar-refractivity contribution in [1.29, 1.82) is 0 Å². The molecule has 0 aliphatic rings. The standard InChI is InChI=1S/C13H15NOS/c1-2-3-9-14-13(15)10-12(16-14)11-7-5-4-6-8-11/h4-8,10H,2-3,9H2,1H3. The average Bonchev–Trinajstić information content (AvgIpc) is 2.69. The van der Waals surface area contributed by atoms with Crippen molar-refractivity contribution in [1.82, 2.24) is 3.96 Å². The Bertz CT molecular complexity index is 498. The molecule has 0 saturated heterocycles. The molecule has 0 aliphatic carbocycles. The molecule has 0 atom stereocenters. The maximum absolute atomic E-state index is 11.7. The number of benzene rings is 1. The number of aromatic nitrogens is 1. The van der Waals surface area contributed by atoms with Crippen LogP contribution in [0.1, 0.15) is 19.8 Å². The van der Waals surface area contributed by atoms with E-state index < -0.39 is 0 Å². The number of hydrogen-bond donors (Lipinski definition) is 0. The predicted octanol–water partition coefficient (Wildman–Crippen LogP) is 3.38. The highest BCUT2D eigenvalue weighted by molar-refractivity contribution is 7.10. The summed E-state index contributed by atoms with van der Waals surface area (Å²) >= 11 is 1.56. The lowest BCUT2D eigenvalue weighted by Gasteiger charge is -1.97. The van der Waals surface area contributed by atoms with Gasteiger partial charge in [-0.05, 0) is 12.0 Å². The van der Waals surface area contributed by atoms with E-state index in [2.05, 4.69) is 6.92 Å². The van der Waals surface area contributed by atoms with E-state index in [1.54, 1.807) is 17.6 Å². The Hall–Kier alpha value is -1.35. The zero-order valence-corrected chi connectivity index (χ0v) is 10.2. The molecule has 0 bridgehead atoms. The quantitative estimate of drug-likeness (QED) is 0.793. The first-order chi connectivity index (χ1) is 7.81. The van der Waals surface area contributed by atoms with E-state index in [-0.39, 0.29) is 5.56 Å². The Labute approximate surface area is 99.3 Å². The molecule has 0 spiro atoms. The van der Waals surface area contributed by atoms with E-state index in [4.69, 9.17) is 0 Å². The van der Waals surface area contributed by atoms with E-state index in [0.29, 0.717) is 0 Å². The molecule has 3 heteroatoms. The van der Waals surface area contributed by atoms with Gasteiger partial charge in [0.15, 0.2) is 0 Å². The third-order valence-electron chi connectivity index (χ3n) is 2.48. The highest BCUT2D eigenvalue weighted by atomic mass is 32.1. The highest BCUT2D eigenvalue weighted by Gasteiger charge is 2.05. The van der Waals surface area contributed by atoms with Crippen LogP contribution < -0.4 is 5.56 Å². The Morgan fingerprint density at radius 1 is 1.25 bits per heavy atom. The molecule has 16 heavy (non-hydrogen) atoms. The van der Waals surface area contributed by atoms with Gasteiger partial charge in [0.25, 0.3) is 5.56 Å². The van der Waals surface area contributed by atoms with Gasteiger partial charge in [-0.25, -0.2) is 0 Å². The van der Waals surface area contributed by atoms with Gasteiger partial charge in [0, 0.05) is 12.6 Å². The highest BCUT2D eigenvalue weighted by Crippen LogP contribution is 2.22. The van der Waals surface area contributed by atoms with Crippen molar-refractivity contribution in [2.24, 2.45) is 0 Å². The molecule has 0 aliphatic heterocycles. The SMILES string of the molecule is CCCCn1sc(-c2ccccc2)cc1=O. The summed E-state index contributed by atoms with van der Waals surface area (Å²) in [5.41, 5.74) is 1.25. The zero-order valence-electron chi connectivity index (χ0n) is 9.35. The van der Waals surface area contributed by atoms with Crippen LogP contribution in [-0.2, 0) is 6.54 Å². The Morgan fingerprint density at radius 3 is 2.69 bits per heavy atom. The summed E-state index contributed by atoms with van der Waals surface area (Å²) in [5, 5.41) is 0. The minimum absolute atomic E-state index is 0.123. The van der Waals surface area contributed by atoms with Gasteiger partial charge < -0.3 is 0 Å². The fourth-order valence-electron chi connectivity index (χ4n) is 1.57. The second-order valence-corrected chi connectivity index (χ2v) is 4.82. The molecule has 2 aromatic rings. The zero-order chi connectivity index (χ0) is 11.4. The summed E-state index contributed by atoms with van der Waals surface area (Å²) in [7, 11) is 0. The molecule has 0 unspecified atom stereocenters. The number of aryl methyl sites for hydroxylation is 1. The summed E-state index contributed by atoms with van der Waals surface area (Å²) in [4.78, 5) is 12.7. The van der Waals surface area contributed by atoms with E-state index in [0.717, 1.165) is 29.8 Å². The summed E-state index contributed by atoms with van der Waals surface area (Å²) in [6.07, 6.45) is 2.18. The van der Waals surface area contributed by atoms with Gasteiger partial charge in [-0.15, -0.1) is 0 Å². The van der Waals surface area contributed by atoms with Crippen molar-refractivity contribution in [3.8, 4) is 10.4 Å². The minimum Gasteiger partial charge on any atom is -0.268 e. The van der Waals surface area contributed by atoms with Gasteiger partial charge in [-0.2, -0.15) is 0 Å². The van der Waals surface area contributed by atoms with Gasteiger partial charge in [-0.3, -0.25) is 8.75 Å². The summed E-state index contributed by atoms with van der Waals surface area (Å²) in [5.74, 6) is 0. The van der Waals surface area contributed by atoms with Crippen molar-refractivity contribution >= 4 is 11.5 Å². The van der Waals surface area contributed by atoms with Crippen LogP contribution in [0.5, 0.6) is 0 Å². The first-order valence-electron chi connectivity index (χ1n) is 5.58. The van der Waals surface area contributed by atoms with Crippen molar-refractivity contribution in [2.45, 2.75) is 26.3 Å². The van der Waals surface area contributed by atoms with Gasteiger partial charge in [-0.1, -0.05) is 55.2 Å². The molecule has 1 aromatic heterocycles. The molecule has 1 aromatic carbocycles. The normalized spacial score (nSPS) is 10.6. The maximum atomic E-state index is 11.7. The van der Waals surface area contributed by atoms with Crippen LogP contribution in [0.2, 0.25) is 0 Å². The lowest BCUT2D eigenvalue weighted by atomic mass is 10.2. The number of nitrogens with zero attached hydrogens (tertiary/aromatic N) is 1. The smallest absolute Gasteiger partial charge is 0.261 e. The number of rotatable bonds is 4. The first-order valence-corrected chi connectivity index (χ1v) is 6.35. The first kappa shape index (κ1) is 11.1.